The summed E-state index contributed by atoms with van der Waals surface area (Å²) in [6, 6.07) is 0. The van der Waals surface area contributed by atoms with Crippen LogP contribution in [0.4, 0.5) is 0 Å². The lowest BCUT2D eigenvalue weighted by molar-refractivity contribution is 0.121. The van der Waals surface area contributed by atoms with Gasteiger partial charge in [0.25, 0.3) is 0 Å². The molecule has 0 bridgehead atoms. The lowest BCUT2D eigenvalue weighted by Gasteiger charge is -2.32. The number of rotatable bonds is 7. The number of piperidine rings is 1. The summed E-state index contributed by atoms with van der Waals surface area (Å²) < 4.78 is 5.12. The first-order chi connectivity index (χ1) is 9.30. The average molecular weight is 268 g/mol. The minimum absolute atomic E-state index is 0.737. The summed E-state index contributed by atoms with van der Waals surface area (Å²) in [4.78, 5) is 6.66. The van der Waals surface area contributed by atoms with E-state index in [0.717, 1.165) is 38.1 Å². The van der Waals surface area contributed by atoms with Gasteiger partial charge in [0.05, 0.1) is 6.61 Å². The highest BCUT2D eigenvalue weighted by molar-refractivity contribution is 5.79. The Hall–Kier alpha value is -1.07. The van der Waals surface area contributed by atoms with Crippen molar-refractivity contribution in [3.8, 4) is 0 Å². The van der Waals surface area contributed by atoms with Crippen molar-refractivity contribution in [2.75, 3.05) is 53.5 Å². The third-order valence-corrected chi connectivity index (χ3v) is 3.51. The van der Waals surface area contributed by atoms with Crippen LogP contribution < -0.4 is 10.6 Å². The van der Waals surface area contributed by atoms with Crippen LogP contribution in [-0.2, 0) is 4.74 Å². The van der Waals surface area contributed by atoms with Gasteiger partial charge in [-0.2, -0.15) is 0 Å². The second kappa shape index (κ2) is 9.81. The summed E-state index contributed by atoms with van der Waals surface area (Å²) in [5.41, 5.74) is 0. The summed E-state index contributed by atoms with van der Waals surface area (Å²) in [6.07, 6.45) is 4.32. The standard InChI is InChI=1S/C14H28N4O/c1-4-7-16-14(15-2)17-12-13-5-8-18(9-6-13)10-11-19-3/h4,13H,1,5-12H2,2-3H3,(H2,15,16,17). The Kier molecular flexibility index (Phi) is 8.25. The van der Waals surface area contributed by atoms with Crippen molar-refractivity contribution in [1.82, 2.24) is 15.5 Å². The molecular weight excluding hydrogens is 240 g/mol. The van der Waals surface area contributed by atoms with E-state index in [2.05, 4.69) is 27.1 Å². The first-order valence-corrected chi connectivity index (χ1v) is 7.06. The molecular formula is C14H28N4O. The fourth-order valence-corrected chi connectivity index (χ4v) is 2.27. The van der Waals surface area contributed by atoms with Gasteiger partial charge in [0.1, 0.15) is 0 Å². The fourth-order valence-electron chi connectivity index (χ4n) is 2.27. The lowest BCUT2D eigenvalue weighted by Crippen LogP contribution is -2.43. The van der Waals surface area contributed by atoms with Crippen molar-refractivity contribution >= 4 is 5.96 Å². The first-order valence-electron chi connectivity index (χ1n) is 7.06. The van der Waals surface area contributed by atoms with Crippen molar-refractivity contribution in [2.45, 2.75) is 12.8 Å². The third kappa shape index (κ3) is 6.59. The van der Waals surface area contributed by atoms with Gasteiger partial charge in [0, 0.05) is 33.8 Å². The Labute approximate surface area is 117 Å². The maximum atomic E-state index is 5.12. The molecule has 5 nitrogen and oxygen atoms in total. The molecule has 0 radical (unpaired) electrons. The number of hydrogen-bond acceptors (Lipinski definition) is 3. The SMILES string of the molecule is C=CCNC(=NC)NCC1CCN(CCOC)CC1. The van der Waals surface area contributed by atoms with Gasteiger partial charge in [0.2, 0.25) is 0 Å². The number of aliphatic imine (C=N–C) groups is 1. The van der Waals surface area contributed by atoms with Crippen LogP contribution in [0.15, 0.2) is 17.6 Å². The van der Waals surface area contributed by atoms with Gasteiger partial charge in [0.15, 0.2) is 5.96 Å². The van der Waals surface area contributed by atoms with Gasteiger partial charge in [-0.15, -0.1) is 6.58 Å². The van der Waals surface area contributed by atoms with Crippen molar-refractivity contribution in [3.05, 3.63) is 12.7 Å². The molecule has 110 valence electrons. The quantitative estimate of drug-likeness (QED) is 0.405. The van der Waals surface area contributed by atoms with E-state index in [-0.39, 0.29) is 0 Å². The first kappa shape index (κ1) is 16.0. The highest BCUT2D eigenvalue weighted by atomic mass is 16.5. The molecule has 0 aromatic carbocycles. The molecule has 2 N–H and O–H groups in total. The Morgan fingerprint density at radius 2 is 2.16 bits per heavy atom. The monoisotopic (exact) mass is 268 g/mol. The van der Waals surface area contributed by atoms with Crippen molar-refractivity contribution < 1.29 is 4.74 Å². The van der Waals surface area contributed by atoms with Crippen molar-refractivity contribution in [3.63, 3.8) is 0 Å². The van der Waals surface area contributed by atoms with E-state index < -0.39 is 0 Å². The third-order valence-electron chi connectivity index (χ3n) is 3.51. The zero-order chi connectivity index (χ0) is 13.9. The van der Waals surface area contributed by atoms with E-state index in [1.165, 1.54) is 25.9 Å². The molecule has 1 aliphatic heterocycles. The van der Waals surface area contributed by atoms with Crippen molar-refractivity contribution in [1.29, 1.82) is 0 Å². The van der Waals surface area contributed by atoms with E-state index in [1.54, 1.807) is 14.2 Å². The average Bonchev–Trinajstić information content (AvgIpc) is 2.46. The number of methoxy groups -OCH3 is 1. The Morgan fingerprint density at radius 3 is 2.74 bits per heavy atom. The number of nitrogens with zero attached hydrogens (tertiary/aromatic N) is 2. The van der Waals surface area contributed by atoms with Gasteiger partial charge in [-0.25, -0.2) is 0 Å². The maximum absolute atomic E-state index is 5.12. The molecule has 1 aliphatic rings. The van der Waals surface area contributed by atoms with E-state index in [9.17, 15) is 0 Å². The van der Waals surface area contributed by atoms with Gasteiger partial charge >= 0.3 is 0 Å². The van der Waals surface area contributed by atoms with E-state index >= 15 is 0 Å². The molecule has 1 rings (SSSR count). The smallest absolute Gasteiger partial charge is 0.191 e. The van der Waals surface area contributed by atoms with Crippen LogP contribution in [0.1, 0.15) is 12.8 Å². The Balaban J connectivity index is 2.16. The molecule has 0 unspecified atom stereocenters. The molecule has 1 fully saturated rings. The fraction of sp³-hybridized carbons (Fsp3) is 0.786. The van der Waals surface area contributed by atoms with Crippen LogP contribution in [0.3, 0.4) is 0 Å². The van der Waals surface area contributed by atoms with Gasteiger partial charge in [-0.05, 0) is 31.8 Å². The summed E-state index contributed by atoms with van der Waals surface area (Å²) in [5.74, 6) is 1.60. The Bertz CT molecular complexity index is 273. The number of likely N-dealkylation sites (tertiary alicyclic amines) is 1. The van der Waals surface area contributed by atoms with Gasteiger partial charge in [-0.1, -0.05) is 6.08 Å². The normalized spacial score (nSPS) is 18.3. The number of guanidine groups is 1. The molecule has 0 amide bonds. The van der Waals surface area contributed by atoms with Crippen LogP contribution in [-0.4, -0.2) is 64.3 Å². The van der Waals surface area contributed by atoms with Crippen LogP contribution in [0.25, 0.3) is 0 Å². The topological polar surface area (TPSA) is 48.9 Å². The molecule has 0 aromatic rings. The van der Waals surface area contributed by atoms with Crippen LogP contribution in [0.5, 0.6) is 0 Å². The minimum atomic E-state index is 0.737. The number of hydrogen-bond donors (Lipinski definition) is 2. The molecule has 19 heavy (non-hydrogen) atoms. The lowest BCUT2D eigenvalue weighted by atomic mass is 9.97. The summed E-state index contributed by atoms with van der Waals surface area (Å²) in [7, 11) is 3.56. The number of ether oxygens (including phenoxy) is 1. The van der Waals surface area contributed by atoms with Crippen LogP contribution in [0.2, 0.25) is 0 Å². The summed E-state index contributed by atoms with van der Waals surface area (Å²) in [6.45, 7) is 9.67. The predicted octanol–water partition coefficient (Wildman–Crippen LogP) is 0.696. The van der Waals surface area contributed by atoms with Gasteiger partial charge in [-0.3, -0.25) is 4.99 Å². The van der Waals surface area contributed by atoms with Crippen LogP contribution in [0, 0.1) is 5.92 Å². The Morgan fingerprint density at radius 1 is 1.42 bits per heavy atom. The van der Waals surface area contributed by atoms with E-state index in [0.29, 0.717) is 0 Å². The molecule has 0 saturated carbocycles. The highest BCUT2D eigenvalue weighted by Gasteiger charge is 2.18. The molecule has 0 aliphatic carbocycles. The molecule has 1 saturated heterocycles. The molecule has 0 atom stereocenters. The van der Waals surface area contributed by atoms with Crippen LogP contribution >= 0.6 is 0 Å². The maximum Gasteiger partial charge on any atom is 0.191 e. The molecule has 0 spiro atoms. The zero-order valence-corrected chi connectivity index (χ0v) is 12.3. The van der Waals surface area contributed by atoms with E-state index in [1.807, 2.05) is 6.08 Å². The predicted molar refractivity (Wildman–Crippen MR) is 80.6 cm³/mol. The molecule has 1 heterocycles. The van der Waals surface area contributed by atoms with E-state index in [4.69, 9.17) is 4.74 Å². The number of nitrogens with one attached hydrogen (secondary N) is 2. The summed E-state index contributed by atoms with van der Waals surface area (Å²) >= 11 is 0. The molecule has 0 aromatic heterocycles. The highest BCUT2D eigenvalue weighted by Crippen LogP contribution is 2.15. The largest absolute Gasteiger partial charge is 0.383 e. The zero-order valence-electron chi connectivity index (χ0n) is 12.3. The van der Waals surface area contributed by atoms with Crippen molar-refractivity contribution in [2.24, 2.45) is 10.9 Å². The van der Waals surface area contributed by atoms with Gasteiger partial charge < -0.3 is 20.3 Å². The minimum Gasteiger partial charge on any atom is -0.383 e. The summed E-state index contributed by atoms with van der Waals surface area (Å²) in [5, 5.41) is 6.57. The molecule has 5 heteroatoms. The second-order valence-corrected chi connectivity index (χ2v) is 4.90. The second-order valence-electron chi connectivity index (χ2n) is 4.90.